The first-order valence-corrected chi connectivity index (χ1v) is 8.40. The molecule has 0 spiro atoms. The lowest BCUT2D eigenvalue weighted by molar-refractivity contribution is 0.152. The lowest BCUT2D eigenvalue weighted by Crippen LogP contribution is -2.42. The quantitative estimate of drug-likeness (QED) is 0.799. The van der Waals surface area contributed by atoms with E-state index in [2.05, 4.69) is 24.2 Å². The molecule has 2 heterocycles. The van der Waals surface area contributed by atoms with E-state index in [1.54, 1.807) is 0 Å². The minimum Gasteiger partial charge on any atom is -0.316 e. The Morgan fingerprint density at radius 1 is 1.47 bits per heavy atom. The minimum absolute atomic E-state index is 0.240. The Morgan fingerprint density at radius 3 is 2.71 bits per heavy atom. The lowest BCUT2D eigenvalue weighted by Gasteiger charge is -2.34. The van der Waals surface area contributed by atoms with Gasteiger partial charge in [0.1, 0.15) is 0 Å². The van der Waals surface area contributed by atoms with Crippen molar-refractivity contribution in [3.8, 4) is 0 Å². The van der Waals surface area contributed by atoms with Crippen LogP contribution >= 0.6 is 0 Å². The third kappa shape index (κ3) is 3.01. The number of nitrogens with zero attached hydrogens (tertiary/aromatic N) is 1. The fraction of sp³-hybridized carbons (Fsp3) is 1.00. The van der Waals surface area contributed by atoms with Gasteiger partial charge in [0.15, 0.2) is 9.84 Å². The first-order chi connectivity index (χ1) is 7.96. The van der Waals surface area contributed by atoms with Gasteiger partial charge in [0.25, 0.3) is 0 Å². The van der Waals surface area contributed by atoms with Crippen LogP contribution in [0.5, 0.6) is 0 Å². The van der Waals surface area contributed by atoms with Gasteiger partial charge in [-0.25, -0.2) is 8.42 Å². The average Bonchev–Trinajstić information content (AvgIpc) is 2.86. The molecule has 2 saturated heterocycles. The molecule has 2 aliphatic heterocycles. The minimum atomic E-state index is -2.76. The van der Waals surface area contributed by atoms with E-state index in [0.717, 1.165) is 26.1 Å². The summed E-state index contributed by atoms with van der Waals surface area (Å²) >= 11 is 0. The molecule has 1 N–H and O–H groups in total. The molecule has 2 unspecified atom stereocenters. The molecule has 2 aliphatic rings. The highest BCUT2D eigenvalue weighted by molar-refractivity contribution is 7.91. The molecule has 5 heteroatoms. The van der Waals surface area contributed by atoms with Crippen molar-refractivity contribution in [1.82, 2.24) is 10.2 Å². The SMILES string of the molecule is CCC1(CN(C)C2CCS(=O)(=O)C2)CCNC1. The summed E-state index contributed by atoms with van der Waals surface area (Å²) in [7, 11) is -0.673. The van der Waals surface area contributed by atoms with Crippen LogP contribution in [0.2, 0.25) is 0 Å². The molecule has 4 nitrogen and oxygen atoms in total. The van der Waals surface area contributed by atoms with E-state index in [0.29, 0.717) is 16.9 Å². The van der Waals surface area contributed by atoms with Crippen molar-refractivity contribution in [1.29, 1.82) is 0 Å². The zero-order chi connectivity index (χ0) is 12.5. The molecule has 17 heavy (non-hydrogen) atoms. The molecule has 0 amide bonds. The first-order valence-electron chi connectivity index (χ1n) is 6.58. The summed E-state index contributed by atoms with van der Waals surface area (Å²) in [6.07, 6.45) is 3.20. The third-order valence-electron chi connectivity index (χ3n) is 4.50. The van der Waals surface area contributed by atoms with Gasteiger partial charge >= 0.3 is 0 Å². The van der Waals surface area contributed by atoms with Crippen LogP contribution in [0.1, 0.15) is 26.2 Å². The Bertz CT molecular complexity index is 361. The summed E-state index contributed by atoms with van der Waals surface area (Å²) < 4.78 is 23.0. The molecule has 2 atom stereocenters. The zero-order valence-electron chi connectivity index (χ0n) is 10.9. The van der Waals surface area contributed by atoms with E-state index in [9.17, 15) is 8.42 Å². The van der Waals surface area contributed by atoms with Crippen molar-refractivity contribution in [2.75, 3.05) is 38.2 Å². The molecule has 2 fully saturated rings. The topological polar surface area (TPSA) is 49.4 Å². The summed E-state index contributed by atoms with van der Waals surface area (Å²) in [5.41, 5.74) is 0.362. The van der Waals surface area contributed by atoms with Gasteiger partial charge in [-0.15, -0.1) is 0 Å². The number of sulfone groups is 1. The molecule has 0 aliphatic carbocycles. The van der Waals surface area contributed by atoms with Crippen LogP contribution in [0.25, 0.3) is 0 Å². The molecule has 0 bridgehead atoms. The van der Waals surface area contributed by atoms with E-state index in [-0.39, 0.29) is 6.04 Å². The fourth-order valence-corrected chi connectivity index (χ4v) is 4.93. The second kappa shape index (κ2) is 4.86. The highest BCUT2D eigenvalue weighted by atomic mass is 32.2. The largest absolute Gasteiger partial charge is 0.316 e. The maximum atomic E-state index is 11.5. The highest BCUT2D eigenvalue weighted by Gasteiger charge is 2.37. The molecular weight excluding hydrogens is 236 g/mol. The first kappa shape index (κ1) is 13.3. The summed E-state index contributed by atoms with van der Waals surface area (Å²) in [6, 6.07) is 0.240. The Labute approximate surface area is 105 Å². The molecule has 100 valence electrons. The van der Waals surface area contributed by atoms with Crippen LogP contribution in [-0.4, -0.2) is 57.5 Å². The standard InChI is InChI=1S/C12H24N2O2S/c1-3-12(5-6-13-9-12)10-14(2)11-4-7-17(15,16)8-11/h11,13H,3-10H2,1-2H3. The maximum Gasteiger partial charge on any atom is 0.151 e. The smallest absolute Gasteiger partial charge is 0.151 e. The van der Waals surface area contributed by atoms with Gasteiger partial charge < -0.3 is 10.2 Å². The summed E-state index contributed by atoms with van der Waals surface area (Å²) in [6.45, 7) is 5.45. The van der Waals surface area contributed by atoms with Gasteiger partial charge in [-0.2, -0.15) is 0 Å². The van der Waals surface area contributed by atoms with Crippen molar-refractivity contribution < 1.29 is 8.42 Å². The maximum absolute atomic E-state index is 11.5. The number of nitrogens with one attached hydrogen (secondary N) is 1. The fourth-order valence-electron chi connectivity index (χ4n) is 3.13. The monoisotopic (exact) mass is 260 g/mol. The van der Waals surface area contributed by atoms with Crippen molar-refractivity contribution in [2.24, 2.45) is 5.41 Å². The number of rotatable bonds is 4. The van der Waals surface area contributed by atoms with E-state index < -0.39 is 9.84 Å². The molecule has 0 saturated carbocycles. The van der Waals surface area contributed by atoms with E-state index >= 15 is 0 Å². The molecule has 0 aromatic heterocycles. The third-order valence-corrected chi connectivity index (χ3v) is 6.25. The average molecular weight is 260 g/mol. The lowest BCUT2D eigenvalue weighted by atomic mass is 9.83. The van der Waals surface area contributed by atoms with E-state index in [1.807, 2.05) is 0 Å². The molecule has 0 aromatic carbocycles. The van der Waals surface area contributed by atoms with Gasteiger partial charge in [-0.05, 0) is 38.3 Å². The van der Waals surface area contributed by atoms with Crippen molar-refractivity contribution in [3.63, 3.8) is 0 Å². The number of hydrogen-bond acceptors (Lipinski definition) is 4. The second-order valence-electron chi connectivity index (χ2n) is 5.75. The van der Waals surface area contributed by atoms with Gasteiger partial charge in [0, 0.05) is 19.1 Å². The molecular formula is C12H24N2O2S. The van der Waals surface area contributed by atoms with Crippen molar-refractivity contribution >= 4 is 9.84 Å². The molecule has 2 rings (SSSR count). The Kier molecular flexibility index (Phi) is 3.80. The van der Waals surface area contributed by atoms with Gasteiger partial charge in [-0.3, -0.25) is 0 Å². The van der Waals surface area contributed by atoms with Gasteiger partial charge in [0.2, 0.25) is 0 Å². The van der Waals surface area contributed by atoms with Crippen LogP contribution in [0.4, 0.5) is 0 Å². The van der Waals surface area contributed by atoms with Crippen molar-refractivity contribution in [3.05, 3.63) is 0 Å². The Morgan fingerprint density at radius 2 is 2.24 bits per heavy atom. The van der Waals surface area contributed by atoms with Crippen LogP contribution in [0, 0.1) is 5.41 Å². The highest BCUT2D eigenvalue weighted by Crippen LogP contribution is 2.31. The second-order valence-corrected chi connectivity index (χ2v) is 7.98. The van der Waals surface area contributed by atoms with E-state index in [1.165, 1.54) is 12.8 Å². The van der Waals surface area contributed by atoms with Gasteiger partial charge in [0.05, 0.1) is 11.5 Å². The zero-order valence-corrected chi connectivity index (χ0v) is 11.7. The predicted octanol–water partition coefficient (Wildman–Crippen LogP) is 0.495. The predicted molar refractivity (Wildman–Crippen MR) is 69.9 cm³/mol. The van der Waals surface area contributed by atoms with Crippen LogP contribution in [0.15, 0.2) is 0 Å². The van der Waals surface area contributed by atoms with Crippen LogP contribution < -0.4 is 5.32 Å². The Hall–Kier alpha value is -0.130. The summed E-state index contributed by atoms with van der Waals surface area (Å²) in [5.74, 6) is 0.732. The normalized spacial score (nSPS) is 36.8. The Balaban J connectivity index is 1.95. The number of hydrogen-bond donors (Lipinski definition) is 1. The van der Waals surface area contributed by atoms with Crippen LogP contribution in [-0.2, 0) is 9.84 Å². The van der Waals surface area contributed by atoms with Gasteiger partial charge in [-0.1, -0.05) is 6.92 Å². The molecule has 0 radical (unpaired) electrons. The van der Waals surface area contributed by atoms with Crippen molar-refractivity contribution in [2.45, 2.75) is 32.2 Å². The summed E-state index contributed by atoms with van der Waals surface area (Å²) in [5, 5.41) is 3.43. The molecule has 0 aromatic rings. The van der Waals surface area contributed by atoms with E-state index in [4.69, 9.17) is 0 Å². The summed E-state index contributed by atoms with van der Waals surface area (Å²) in [4.78, 5) is 2.28. The van der Waals surface area contributed by atoms with Crippen LogP contribution in [0.3, 0.4) is 0 Å².